The van der Waals surface area contributed by atoms with E-state index in [1.807, 2.05) is 24.3 Å². The number of carbonyl (C=O) groups is 3. The van der Waals surface area contributed by atoms with Crippen molar-refractivity contribution in [1.82, 2.24) is 20.9 Å². The Morgan fingerprint density at radius 2 is 1.73 bits per heavy atom. The van der Waals surface area contributed by atoms with Crippen LogP contribution in [0.2, 0.25) is 0 Å². The van der Waals surface area contributed by atoms with Gasteiger partial charge in [0.1, 0.15) is 11.6 Å². The zero-order valence-corrected chi connectivity index (χ0v) is 18.6. The summed E-state index contributed by atoms with van der Waals surface area (Å²) < 4.78 is 18.2. The van der Waals surface area contributed by atoms with Gasteiger partial charge in [-0.15, -0.1) is 0 Å². The number of carbonyl (C=O) groups excluding carboxylic acids is 3. The lowest BCUT2D eigenvalue weighted by Crippen LogP contribution is -2.49. The molecule has 1 aliphatic heterocycles. The number of halogens is 1. The van der Waals surface area contributed by atoms with Crippen molar-refractivity contribution >= 4 is 17.8 Å². The zero-order valence-electron chi connectivity index (χ0n) is 18.6. The third-order valence-electron chi connectivity index (χ3n) is 5.52. The van der Waals surface area contributed by atoms with Crippen LogP contribution in [0.5, 0.6) is 5.75 Å². The number of ether oxygens (including phenoxy) is 1. The molecular weight excluding hydrogens is 427 g/mol. The first-order valence-electron chi connectivity index (χ1n) is 10.9. The summed E-state index contributed by atoms with van der Waals surface area (Å²) in [5.41, 5.74) is 1.60. The van der Waals surface area contributed by atoms with E-state index in [1.165, 1.54) is 12.1 Å². The van der Waals surface area contributed by atoms with Crippen molar-refractivity contribution < 1.29 is 23.5 Å². The van der Waals surface area contributed by atoms with E-state index in [2.05, 4.69) is 16.0 Å². The van der Waals surface area contributed by atoms with Gasteiger partial charge in [-0.2, -0.15) is 0 Å². The molecule has 0 aromatic heterocycles. The molecule has 3 N–H and O–H groups in total. The van der Waals surface area contributed by atoms with Gasteiger partial charge in [0.2, 0.25) is 11.8 Å². The number of nitrogens with one attached hydrogen (secondary N) is 3. The molecule has 3 rings (SSSR count). The lowest BCUT2D eigenvalue weighted by Gasteiger charge is -2.32. The van der Waals surface area contributed by atoms with Crippen LogP contribution >= 0.6 is 0 Å². The van der Waals surface area contributed by atoms with Gasteiger partial charge in [0.25, 0.3) is 0 Å². The summed E-state index contributed by atoms with van der Waals surface area (Å²) in [5, 5.41) is 8.02. The molecule has 1 aliphatic rings. The predicted octanol–water partition coefficient (Wildman–Crippen LogP) is 1.98. The van der Waals surface area contributed by atoms with Gasteiger partial charge in [-0.25, -0.2) is 9.18 Å². The third-order valence-corrected chi connectivity index (χ3v) is 5.52. The SMILES string of the molecule is COc1ccccc1CC(=O)N1CCC(NC(=O)CNC(=O)NCc2ccc(F)cc2)CC1. The van der Waals surface area contributed by atoms with E-state index in [0.29, 0.717) is 31.7 Å². The highest BCUT2D eigenvalue weighted by molar-refractivity contribution is 5.84. The quantitative estimate of drug-likeness (QED) is 0.566. The molecule has 0 atom stereocenters. The molecule has 0 bridgehead atoms. The van der Waals surface area contributed by atoms with E-state index >= 15 is 0 Å². The van der Waals surface area contributed by atoms with Gasteiger partial charge in [0.05, 0.1) is 20.1 Å². The molecule has 0 aliphatic carbocycles. The van der Waals surface area contributed by atoms with E-state index in [4.69, 9.17) is 4.74 Å². The van der Waals surface area contributed by atoms with Crippen LogP contribution in [0.25, 0.3) is 0 Å². The average molecular weight is 457 g/mol. The Kier molecular flexibility index (Phi) is 8.63. The van der Waals surface area contributed by atoms with E-state index < -0.39 is 6.03 Å². The summed E-state index contributed by atoms with van der Waals surface area (Å²) in [5.74, 6) is 0.100. The van der Waals surface area contributed by atoms with Crippen molar-refractivity contribution in [3.05, 3.63) is 65.5 Å². The van der Waals surface area contributed by atoms with E-state index in [1.54, 1.807) is 24.1 Å². The summed E-state index contributed by atoms with van der Waals surface area (Å²) in [6.07, 6.45) is 1.58. The normalized spacial score (nSPS) is 13.8. The van der Waals surface area contributed by atoms with Crippen LogP contribution in [-0.2, 0) is 22.6 Å². The Balaban J connectivity index is 1.33. The number of urea groups is 1. The Morgan fingerprint density at radius 1 is 1.03 bits per heavy atom. The van der Waals surface area contributed by atoms with Crippen LogP contribution < -0.4 is 20.7 Å². The molecule has 1 heterocycles. The van der Waals surface area contributed by atoms with Gasteiger partial charge in [0, 0.05) is 31.2 Å². The van der Waals surface area contributed by atoms with Crippen LogP contribution in [-0.4, -0.2) is 55.5 Å². The number of likely N-dealkylation sites (tertiary alicyclic amines) is 1. The maximum Gasteiger partial charge on any atom is 0.315 e. The Labute approximate surface area is 192 Å². The van der Waals surface area contributed by atoms with Crippen molar-refractivity contribution in [2.75, 3.05) is 26.7 Å². The second-order valence-electron chi connectivity index (χ2n) is 7.87. The minimum atomic E-state index is -0.480. The van der Waals surface area contributed by atoms with Gasteiger partial charge in [-0.3, -0.25) is 9.59 Å². The summed E-state index contributed by atoms with van der Waals surface area (Å²) >= 11 is 0. The van der Waals surface area contributed by atoms with Crippen LogP contribution in [0.3, 0.4) is 0 Å². The molecule has 0 saturated carbocycles. The first kappa shape index (κ1) is 24.0. The molecule has 1 saturated heterocycles. The number of piperidine rings is 1. The molecule has 176 valence electrons. The molecule has 33 heavy (non-hydrogen) atoms. The van der Waals surface area contributed by atoms with E-state index in [0.717, 1.165) is 11.1 Å². The van der Waals surface area contributed by atoms with Crippen molar-refractivity contribution in [1.29, 1.82) is 0 Å². The predicted molar refractivity (Wildman–Crippen MR) is 121 cm³/mol. The van der Waals surface area contributed by atoms with Gasteiger partial charge >= 0.3 is 6.03 Å². The maximum absolute atomic E-state index is 12.9. The smallest absolute Gasteiger partial charge is 0.315 e. The van der Waals surface area contributed by atoms with Crippen LogP contribution in [0.4, 0.5) is 9.18 Å². The summed E-state index contributed by atoms with van der Waals surface area (Å²) in [7, 11) is 1.58. The Hall–Kier alpha value is -3.62. The standard InChI is InChI=1S/C24H29FN4O4/c1-33-21-5-3-2-4-18(21)14-23(31)29-12-10-20(11-13-29)28-22(30)16-27-24(32)26-15-17-6-8-19(25)9-7-17/h2-9,20H,10-16H2,1H3,(H,28,30)(H2,26,27,32). The van der Waals surface area contributed by atoms with Crippen LogP contribution in [0.15, 0.2) is 48.5 Å². The first-order valence-corrected chi connectivity index (χ1v) is 10.9. The minimum absolute atomic E-state index is 0.0313. The van der Waals surface area contributed by atoms with Crippen molar-refractivity contribution in [2.45, 2.75) is 31.8 Å². The number of hydrogen-bond donors (Lipinski definition) is 3. The molecular formula is C24H29FN4O4. The molecule has 2 aromatic rings. The van der Waals surface area contributed by atoms with E-state index in [9.17, 15) is 18.8 Å². The fraction of sp³-hybridized carbons (Fsp3) is 0.375. The monoisotopic (exact) mass is 456 g/mol. The number of nitrogens with zero attached hydrogens (tertiary/aromatic N) is 1. The number of para-hydroxylation sites is 1. The molecule has 1 fully saturated rings. The van der Waals surface area contributed by atoms with Gasteiger partial charge < -0.3 is 25.6 Å². The largest absolute Gasteiger partial charge is 0.496 e. The van der Waals surface area contributed by atoms with Crippen molar-refractivity contribution in [3.8, 4) is 5.75 Å². The fourth-order valence-corrected chi connectivity index (χ4v) is 3.68. The lowest BCUT2D eigenvalue weighted by atomic mass is 10.0. The van der Waals surface area contributed by atoms with Gasteiger partial charge in [0.15, 0.2) is 0 Å². The van der Waals surface area contributed by atoms with E-state index in [-0.39, 0.29) is 43.2 Å². The van der Waals surface area contributed by atoms with Gasteiger partial charge in [-0.05, 0) is 36.6 Å². The van der Waals surface area contributed by atoms with Crippen molar-refractivity contribution in [2.24, 2.45) is 0 Å². The molecule has 8 nitrogen and oxygen atoms in total. The number of rotatable bonds is 8. The molecule has 9 heteroatoms. The molecule has 2 aromatic carbocycles. The topological polar surface area (TPSA) is 99.8 Å². The highest BCUT2D eigenvalue weighted by atomic mass is 19.1. The molecule has 0 radical (unpaired) electrons. The maximum atomic E-state index is 12.9. The first-order chi connectivity index (χ1) is 15.9. The minimum Gasteiger partial charge on any atom is -0.496 e. The fourth-order valence-electron chi connectivity index (χ4n) is 3.68. The molecule has 0 spiro atoms. The number of hydrogen-bond acceptors (Lipinski definition) is 4. The summed E-state index contributed by atoms with van der Waals surface area (Å²) in [6.45, 7) is 1.20. The van der Waals surface area contributed by atoms with Crippen LogP contribution in [0, 0.1) is 5.82 Å². The summed E-state index contributed by atoms with van der Waals surface area (Å²) in [6, 6.07) is 12.7. The second-order valence-corrected chi connectivity index (χ2v) is 7.87. The van der Waals surface area contributed by atoms with Crippen molar-refractivity contribution in [3.63, 3.8) is 0 Å². The second kappa shape index (κ2) is 11.8. The number of amides is 4. The summed E-state index contributed by atoms with van der Waals surface area (Å²) in [4.78, 5) is 38.5. The molecule has 0 unspecified atom stereocenters. The van der Waals surface area contributed by atoms with Gasteiger partial charge in [-0.1, -0.05) is 30.3 Å². The van der Waals surface area contributed by atoms with Crippen LogP contribution in [0.1, 0.15) is 24.0 Å². The lowest BCUT2D eigenvalue weighted by molar-refractivity contribution is -0.131. The Bertz CT molecular complexity index is 959. The average Bonchev–Trinajstić information content (AvgIpc) is 2.83. The highest BCUT2D eigenvalue weighted by Gasteiger charge is 2.24. The zero-order chi connectivity index (χ0) is 23.6. The highest BCUT2D eigenvalue weighted by Crippen LogP contribution is 2.20. The number of methoxy groups -OCH3 is 1. The third kappa shape index (κ3) is 7.48. The Morgan fingerprint density at radius 3 is 2.42 bits per heavy atom. The molecule has 4 amide bonds. The number of benzene rings is 2.